The lowest BCUT2D eigenvalue weighted by Gasteiger charge is -2.28. The van der Waals surface area contributed by atoms with Gasteiger partial charge in [0, 0.05) is 6.54 Å². The molecule has 0 saturated carbocycles. The molecule has 1 aromatic carbocycles. The zero-order valence-corrected chi connectivity index (χ0v) is 15.5. The van der Waals surface area contributed by atoms with Crippen molar-refractivity contribution in [3.8, 4) is 0 Å². The van der Waals surface area contributed by atoms with Gasteiger partial charge in [0.1, 0.15) is 5.60 Å². The highest BCUT2D eigenvalue weighted by Gasteiger charge is 2.32. The number of aliphatic hydroxyl groups excluding tert-OH is 1. The summed E-state index contributed by atoms with van der Waals surface area (Å²) in [5, 5.41) is 14.1. The highest BCUT2D eigenvalue weighted by Crippen LogP contribution is 2.12. The minimum atomic E-state index is -1.47. The molecule has 1 aromatic rings. The van der Waals surface area contributed by atoms with E-state index in [1.807, 2.05) is 30.3 Å². The monoisotopic (exact) mass is 352 g/mol. The topological polar surface area (TPSA) is 88.1 Å². The van der Waals surface area contributed by atoms with Gasteiger partial charge in [-0.2, -0.15) is 0 Å². The fourth-order valence-corrected chi connectivity index (χ4v) is 2.26. The van der Waals surface area contributed by atoms with Crippen molar-refractivity contribution in [2.24, 2.45) is 0 Å². The molecule has 0 aliphatic carbocycles. The number of hydrogen-bond donors (Lipinski definition) is 2. The standard InChI is InChI=1S/C18H28N2O5/c1-6-20(24-5)16(22)15(21)14(12-13-10-8-7-9-11-13)19-17(23)25-18(2,3)4/h7-11,14-15,21H,6,12H2,1-5H3,(H,19,23)/t14-,15?/m0/s1. The molecule has 2 atom stereocenters. The molecule has 7 nitrogen and oxygen atoms in total. The average molecular weight is 352 g/mol. The van der Waals surface area contributed by atoms with E-state index < -0.39 is 29.7 Å². The molecular formula is C18H28N2O5. The van der Waals surface area contributed by atoms with E-state index in [4.69, 9.17) is 9.57 Å². The van der Waals surface area contributed by atoms with Crippen molar-refractivity contribution in [3.63, 3.8) is 0 Å². The van der Waals surface area contributed by atoms with Crippen LogP contribution in [0.5, 0.6) is 0 Å². The van der Waals surface area contributed by atoms with Gasteiger partial charge < -0.3 is 15.2 Å². The number of nitrogens with zero attached hydrogens (tertiary/aromatic N) is 1. The van der Waals surface area contributed by atoms with Crippen molar-refractivity contribution in [2.75, 3.05) is 13.7 Å². The molecule has 0 aliphatic heterocycles. The van der Waals surface area contributed by atoms with Crippen LogP contribution < -0.4 is 5.32 Å². The van der Waals surface area contributed by atoms with E-state index in [1.54, 1.807) is 27.7 Å². The van der Waals surface area contributed by atoms with Crippen LogP contribution in [0.15, 0.2) is 30.3 Å². The van der Waals surface area contributed by atoms with Crippen molar-refractivity contribution in [3.05, 3.63) is 35.9 Å². The van der Waals surface area contributed by atoms with Crippen LogP contribution in [-0.2, 0) is 20.8 Å². The Bertz CT molecular complexity index is 552. The van der Waals surface area contributed by atoms with Gasteiger partial charge in [-0.05, 0) is 39.7 Å². The number of likely N-dealkylation sites (N-methyl/N-ethyl adjacent to an activating group) is 1. The summed E-state index contributed by atoms with van der Waals surface area (Å²) in [4.78, 5) is 29.4. The number of rotatable bonds is 7. The van der Waals surface area contributed by atoms with Gasteiger partial charge in [-0.1, -0.05) is 30.3 Å². The summed E-state index contributed by atoms with van der Waals surface area (Å²) in [6, 6.07) is 8.42. The first-order valence-electron chi connectivity index (χ1n) is 8.25. The SMILES string of the molecule is CCN(OC)C(=O)C(O)[C@H](Cc1ccccc1)NC(=O)OC(C)(C)C. The van der Waals surface area contributed by atoms with Gasteiger partial charge in [-0.15, -0.1) is 0 Å². The number of ether oxygens (including phenoxy) is 1. The molecule has 0 aromatic heterocycles. The van der Waals surface area contributed by atoms with E-state index >= 15 is 0 Å². The number of carbonyl (C=O) groups excluding carboxylic acids is 2. The summed E-state index contributed by atoms with van der Waals surface area (Å²) >= 11 is 0. The number of amides is 2. The quantitative estimate of drug-likeness (QED) is 0.732. The van der Waals surface area contributed by atoms with Crippen LogP contribution in [0.2, 0.25) is 0 Å². The van der Waals surface area contributed by atoms with Gasteiger partial charge in [0.25, 0.3) is 5.91 Å². The maximum atomic E-state index is 12.4. The summed E-state index contributed by atoms with van der Waals surface area (Å²) in [5.41, 5.74) is 0.189. The van der Waals surface area contributed by atoms with E-state index in [9.17, 15) is 14.7 Å². The highest BCUT2D eigenvalue weighted by molar-refractivity contribution is 5.81. The van der Waals surface area contributed by atoms with E-state index in [0.29, 0.717) is 0 Å². The number of nitrogens with one attached hydrogen (secondary N) is 1. The van der Waals surface area contributed by atoms with E-state index in [2.05, 4.69) is 5.32 Å². The second-order valence-electron chi connectivity index (χ2n) is 6.60. The lowest BCUT2D eigenvalue weighted by atomic mass is 10.0. The third-order valence-electron chi connectivity index (χ3n) is 3.39. The number of alkyl carbamates (subject to hydrolysis) is 1. The van der Waals surface area contributed by atoms with Crippen molar-refractivity contribution >= 4 is 12.0 Å². The van der Waals surface area contributed by atoms with Crippen LogP contribution in [0.3, 0.4) is 0 Å². The maximum Gasteiger partial charge on any atom is 0.407 e. The number of hydrogen-bond acceptors (Lipinski definition) is 5. The van der Waals surface area contributed by atoms with Crippen LogP contribution in [0, 0.1) is 0 Å². The third kappa shape index (κ3) is 7.11. The molecule has 0 aliphatic rings. The molecule has 2 amide bonds. The Hall–Kier alpha value is -2.12. The van der Waals surface area contributed by atoms with Crippen LogP contribution >= 0.6 is 0 Å². The van der Waals surface area contributed by atoms with Crippen molar-refractivity contribution in [1.82, 2.24) is 10.4 Å². The summed E-state index contributed by atoms with van der Waals surface area (Å²) in [7, 11) is 1.35. The van der Waals surface area contributed by atoms with Gasteiger partial charge in [0.05, 0.1) is 13.2 Å². The first kappa shape index (κ1) is 20.9. The fraction of sp³-hybridized carbons (Fsp3) is 0.556. The van der Waals surface area contributed by atoms with Gasteiger partial charge in [-0.25, -0.2) is 9.86 Å². The lowest BCUT2D eigenvalue weighted by molar-refractivity contribution is -0.185. The summed E-state index contributed by atoms with van der Waals surface area (Å²) in [6.45, 7) is 7.22. The minimum absolute atomic E-state index is 0.272. The number of carbonyl (C=O) groups is 2. The molecule has 25 heavy (non-hydrogen) atoms. The predicted octanol–water partition coefficient (Wildman–Crippen LogP) is 1.89. The summed E-state index contributed by atoms with van der Waals surface area (Å²) in [6.07, 6.45) is -1.89. The fourth-order valence-electron chi connectivity index (χ4n) is 2.26. The molecule has 0 radical (unpaired) electrons. The van der Waals surface area contributed by atoms with E-state index in [1.165, 1.54) is 7.11 Å². The molecule has 7 heteroatoms. The van der Waals surface area contributed by atoms with Crippen LogP contribution in [-0.4, -0.2) is 53.6 Å². The zero-order chi connectivity index (χ0) is 19.0. The Morgan fingerprint density at radius 2 is 1.84 bits per heavy atom. The molecule has 2 N–H and O–H groups in total. The predicted molar refractivity (Wildman–Crippen MR) is 93.7 cm³/mol. The normalized spacial score (nSPS) is 13.7. The Morgan fingerprint density at radius 1 is 1.24 bits per heavy atom. The second-order valence-corrected chi connectivity index (χ2v) is 6.60. The molecule has 1 unspecified atom stereocenters. The Labute approximate surface area is 148 Å². The first-order valence-corrected chi connectivity index (χ1v) is 8.25. The molecule has 0 spiro atoms. The largest absolute Gasteiger partial charge is 0.444 e. The molecule has 0 bridgehead atoms. The Balaban J connectivity index is 2.93. The van der Waals surface area contributed by atoms with E-state index in [0.717, 1.165) is 10.6 Å². The maximum absolute atomic E-state index is 12.4. The van der Waals surface area contributed by atoms with Crippen LogP contribution in [0.4, 0.5) is 4.79 Å². The van der Waals surface area contributed by atoms with Crippen molar-refractivity contribution in [1.29, 1.82) is 0 Å². The van der Waals surface area contributed by atoms with Crippen molar-refractivity contribution in [2.45, 2.75) is 51.9 Å². The summed E-state index contributed by atoms with van der Waals surface area (Å²) < 4.78 is 5.23. The molecule has 1 rings (SSSR count). The third-order valence-corrected chi connectivity index (χ3v) is 3.39. The molecule has 140 valence electrons. The Kier molecular flexibility index (Phi) is 7.86. The first-order chi connectivity index (χ1) is 11.7. The van der Waals surface area contributed by atoms with Gasteiger partial charge >= 0.3 is 6.09 Å². The molecular weight excluding hydrogens is 324 g/mol. The van der Waals surface area contributed by atoms with Gasteiger partial charge in [0.2, 0.25) is 0 Å². The lowest BCUT2D eigenvalue weighted by Crippen LogP contribution is -2.53. The van der Waals surface area contributed by atoms with Gasteiger partial charge in [0.15, 0.2) is 6.10 Å². The smallest absolute Gasteiger partial charge is 0.407 e. The number of hydroxylamine groups is 2. The molecule has 0 heterocycles. The zero-order valence-electron chi connectivity index (χ0n) is 15.5. The van der Waals surface area contributed by atoms with Gasteiger partial charge in [-0.3, -0.25) is 9.63 Å². The highest BCUT2D eigenvalue weighted by atomic mass is 16.7. The van der Waals surface area contributed by atoms with E-state index in [-0.39, 0.29) is 13.0 Å². The van der Waals surface area contributed by atoms with Crippen LogP contribution in [0.1, 0.15) is 33.3 Å². The number of benzene rings is 1. The summed E-state index contributed by atoms with van der Waals surface area (Å²) in [5.74, 6) is -0.623. The van der Waals surface area contributed by atoms with Crippen LogP contribution in [0.25, 0.3) is 0 Å². The Morgan fingerprint density at radius 3 is 2.32 bits per heavy atom. The molecule has 0 fully saturated rings. The minimum Gasteiger partial charge on any atom is -0.444 e. The number of aliphatic hydroxyl groups is 1. The molecule has 0 saturated heterocycles. The van der Waals surface area contributed by atoms with Crippen molar-refractivity contribution < 1.29 is 24.3 Å². The average Bonchev–Trinajstić information content (AvgIpc) is 2.53. The second kappa shape index (κ2) is 9.39.